The van der Waals surface area contributed by atoms with Gasteiger partial charge in [-0.1, -0.05) is 36.4 Å². The van der Waals surface area contributed by atoms with E-state index in [1.54, 1.807) is 12.1 Å². The first-order valence-corrected chi connectivity index (χ1v) is 8.64. The Hall–Kier alpha value is -4.22. The van der Waals surface area contributed by atoms with Gasteiger partial charge in [0.2, 0.25) is 0 Å². The Morgan fingerprint density at radius 3 is 2.43 bits per heavy atom. The molecule has 5 aromatic rings. The minimum atomic E-state index is -0.501. The maximum atomic E-state index is 14.5. The van der Waals surface area contributed by atoms with Crippen LogP contribution < -0.4 is 0 Å². The molecule has 0 aliphatic heterocycles. The molecule has 0 aliphatic carbocycles. The topological polar surface area (TPSA) is 76.3 Å². The molecule has 28 heavy (non-hydrogen) atoms. The highest BCUT2D eigenvalue weighted by atomic mass is 19.1. The van der Waals surface area contributed by atoms with Gasteiger partial charge >= 0.3 is 0 Å². The lowest BCUT2D eigenvalue weighted by Gasteiger charge is -2.06. The second-order valence-corrected chi connectivity index (χ2v) is 6.50. The van der Waals surface area contributed by atoms with Crippen LogP contribution >= 0.6 is 0 Å². The van der Waals surface area contributed by atoms with Gasteiger partial charge in [0.05, 0.1) is 39.9 Å². The maximum Gasteiger partial charge on any atom is 0.142 e. The van der Waals surface area contributed by atoms with E-state index in [0.29, 0.717) is 16.9 Å². The van der Waals surface area contributed by atoms with E-state index in [-0.39, 0.29) is 11.1 Å². The van der Waals surface area contributed by atoms with Gasteiger partial charge in [-0.25, -0.2) is 9.37 Å². The summed E-state index contributed by atoms with van der Waals surface area (Å²) in [5, 5.41) is 22.4. The molecule has 5 heteroatoms. The Bertz CT molecular complexity index is 1500. The fourth-order valence-corrected chi connectivity index (χ4v) is 3.72. The monoisotopic (exact) mass is 362 g/mol. The molecule has 0 aliphatic rings. The molecular formula is C23H11FN4. The summed E-state index contributed by atoms with van der Waals surface area (Å²) < 4.78 is 14.5. The fourth-order valence-electron chi connectivity index (χ4n) is 3.72. The number of aromatic nitrogens is 2. The number of H-pyrrole nitrogens is 1. The number of imidazole rings is 1. The SMILES string of the molecule is N#Cc1ccc2c(c1)c1ccccc1c1nc(-c3c(F)cccc3C#N)[nH]c21. The Morgan fingerprint density at radius 1 is 0.821 bits per heavy atom. The lowest BCUT2D eigenvalue weighted by atomic mass is 9.98. The van der Waals surface area contributed by atoms with Gasteiger partial charge in [0.1, 0.15) is 11.6 Å². The highest BCUT2D eigenvalue weighted by Gasteiger charge is 2.18. The minimum absolute atomic E-state index is 0.159. The standard InChI is InChI=1S/C23H11FN4/c24-19-7-3-4-14(12-26)20(19)23-27-21-16-6-2-1-5-15(16)18-10-13(11-25)8-9-17(18)22(21)28-23/h1-10H,(H,27,28). The first-order chi connectivity index (χ1) is 13.7. The number of fused-ring (bicyclic) bond motifs is 6. The summed E-state index contributed by atoms with van der Waals surface area (Å²) in [7, 11) is 0. The molecule has 0 radical (unpaired) electrons. The van der Waals surface area contributed by atoms with Crippen LogP contribution in [0.1, 0.15) is 11.1 Å². The summed E-state index contributed by atoms with van der Waals surface area (Å²) in [5.41, 5.74) is 2.40. The van der Waals surface area contributed by atoms with Gasteiger partial charge in [0, 0.05) is 10.8 Å². The average Bonchev–Trinajstić information content (AvgIpc) is 3.18. The molecule has 1 aromatic heterocycles. The second-order valence-electron chi connectivity index (χ2n) is 6.50. The largest absolute Gasteiger partial charge is 0.337 e. The maximum absolute atomic E-state index is 14.5. The van der Waals surface area contributed by atoms with Crippen LogP contribution in [-0.2, 0) is 0 Å². The van der Waals surface area contributed by atoms with Gasteiger partial charge in [-0.05, 0) is 35.0 Å². The molecule has 0 amide bonds. The number of nitriles is 2. The van der Waals surface area contributed by atoms with Gasteiger partial charge in [0.25, 0.3) is 0 Å². The number of nitrogens with zero attached hydrogens (tertiary/aromatic N) is 3. The zero-order valence-electron chi connectivity index (χ0n) is 14.5. The third-order valence-corrected chi connectivity index (χ3v) is 4.97. The predicted molar refractivity (Wildman–Crippen MR) is 106 cm³/mol. The Labute approximate surface area is 159 Å². The van der Waals surface area contributed by atoms with Crippen molar-refractivity contribution in [3.05, 3.63) is 77.6 Å². The predicted octanol–water partition coefficient (Wildman–Crippen LogP) is 5.42. The summed E-state index contributed by atoms with van der Waals surface area (Å²) in [5.74, 6) is -0.190. The summed E-state index contributed by atoms with van der Waals surface area (Å²) >= 11 is 0. The van der Waals surface area contributed by atoms with Gasteiger partial charge in [-0.3, -0.25) is 0 Å². The smallest absolute Gasteiger partial charge is 0.142 e. The van der Waals surface area contributed by atoms with Crippen LogP contribution in [0.25, 0.3) is 44.0 Å². The van der Waals surface area contributed by atoms with Crippen molar-refractivity contribution in [2.45, 2.75) is 0 Å². The van der Waals surface area contributed by atoms with E-state index >= 15 is 0 Å². The minimum Gasteiger partial charge on any atom is -0.337 e. The first-order valence-electron chi connectivity index (χ1n) is 8.64. The Morgan fingerprint density at radius 2 is 1.64 bits per heavy atom. The lowest BCUT2D eigenvalue weighted by Crippen LogP contribution is -1.91. The molecular weight excluding hydrogens is 351 g/mol. The summed E-state index contributed by atoms with van der Waals surface area (Å²) in [6.45, 7) is 0. The summed E-state index contributed by atoms with van der Waals surface area (Å²) in [4.78, 5) is 7.88. The van der Waals surface area contributed by atoms with E-state index in [9.17, 15) is 14.9 Å². The molecule has 1 heterocycles. The number of nitrogens with one attached hydrogen (secondary N) is 1. The van der Waals surface area contributed by atoms with E-state index in [0.717, 1.165) is 27.1 Å². The van der Waals surface area contributed by atoms with Crippen LogP contribution in [0.4, 0.5) is 4.39 Å². The van der Waals surface area contributed by atoms with Crippen molar-refractivity contribution in [3.8, 4) is 23.5 Å². The van der Waals surface area contributed by atoms with E-state index in [4.69, 9.17) is 0 Å². The van der Waals surface area contributed by atoms with Gasteiger partial charge in [0.15, 0.2) is 0 Å². The normalized spacial score (nSPS) is 11.0. The van der Waals surface area contributed by atoms with Crippen LogP contribution in [0.5, 0.6) is 0 Å². The highest BCUT2D eigenvalue weighted by Crippen LogP contribution is 2.36. The number of halogens is 1. The van der Waals surface area contributed by atoms with Crippen molar-refractivity contribution in [1.82, 2.24) is 9.97 Å². The summed E-state index contributed by atoms with van der Waals surface area (Å²) in [6.07, 6.45) is 0. The lowest BCUT2D eigenvalue weighted by molar-refractivity contribution is 0.630. The molecule has 0 saturated heterocycles. The Kier molecular flexibility index (Phi) is 3.37. The first kappa shape index (κ1) is 16.0. The molecule has 0 fully saturated rings. The molecule has 4 nitrogen and oxygen atoms in total. The molecule has 1 N–H and O–H groups in total. The summed E-state index contributed by atoms with van der Waals surface area (Å²) in [6, 6.07) is 21.9. The number of benzene rings is 4. The van der Waals surface area contributed by atoms with Gasteiger partial charge < -0.3 is 4.98 Å². The van der Waals surface area contributed by atoms with Crippen molar-refractivity contribution < 1.29 is 4.39 Å². The van der Waals surface area contributed by atoms with Crippen LogP contribution in [0.3, 0.4) is 0 Å². The number of aromatic amines is 1. The number of hydrogen-bond acceptors (Lipinski definition) is 3. The van der Waals surface area contributed by atoms with Crippen molar-refractivity contribution in [2.24, 2.45) is 0 Å². The van der Waals surface area contributed by atoms with E-state index in [1.165, 1.54) is 12.1 Å². The second kappa shape index (κ2) is 5.90. The molecule has 5 rings (SSSR count). The third kappa shape index (κ3) is 2.17. The molecule has 0 unspecified atom stereocenters. The molecule has 130 valence electrons. The molecule has 4 aromatic carbocycles. The Balaban J connectivity index is 1.97. The van der Waals surface area contributed by atoms with Gasteiger partial charge in [-0.2, -0.15) is 10.5 Å². The zero-order valence-corrected chi connectivity index (χ0v) is 14.5. The molecule has 0 bridgehead atoms. The van der Waals surface area contributed by atoms with E-state index in [2.05, 4.69) is 16.0 Å². The van der Waals surface area contributed by atoms with Crippen LogP contribution in [0, 0.1) is 28.5 Å². The van der Waals surface area contributed by atoms with Gasteiger partial charge in [-0.15, -0.1) is 0 Å². The highest BCUT2D eigenvalue weighted by molar-refractivity contribution is 6.23. The molecule has 0 atom stereocenters. The van der Waals surface area contributed by atoms with Crippen molar-refractivity contribution >= 4 is 32.6 Å². The van der Waals surface area contributed by atoms with Crippen molar-refractivity contribution in [2.75, 3.05) is 0 Å². The van der Waals surface area contributed by atoms with Crippen molar-refractivity contribution in [3.63, 3.8) is 0 Å². The van der Waals surface area contributed by atoms with Crippen molar-refractivity contribution in [1.29, 1.82) is 10.5 Å². The van der Waals surface area contributed by atoms with E-state index < -0.39 is 5.82 Å². The number of rotatable bonds is 1. The molecule has 0 spiro atoms. The van der Waals surface area contributed by atoms with E-state index in [1.807, 2.05) is 42.5 Å². The van der Waals surface area contributed by atoms with Crippen LogP contribution in [-0.4, -0.2) is 9.97 Å². The quantitative estimate of drug-likeness (QED) is 0.405. The van der Waals surface area contributed by atoms with Crippen LogP contribution in [0.15, 0.2) is 60.7 Å². The zero-order chi connectivity index (χ0) is 19.3. The van der Waals surface area contributed by atoms with Crippen LogP contribution in [0.2, 0.25) is 0 Å². The number of hydrogen-bond donors (Lipinski definition) is 1. The average molecular weight is 362 g/mol. The molecule has 0 saturated carbocycles. The fraction of sp³-hybridized carbons (Fsp3) is 0. The third-order valence-electron chi connectivity index (χ3n) is 4.97.